The van der Waals surface area contributed by atoms with E-state index in [4.69, 9.17) is 11.6 Å². The summed E-state index contributed by atoms with van der Waals surface area (Å²) in [4.78, 5) is 17.2. The lowest BCUT2D eigenvalue weighted by atomic mass is 10.00. The van der Waals surface area contributed by atoms with E-state index >= 15 is 0 Å². The first kappa shape index (κ1) is 20.1. The monoisotopic (exact) mass is 426 g/mol. The first-order valence-electron chi connectivity index (χ1n) is 9.70. The lowest BCUT2D eigenvalue weighted by Crippen LogP contribution is -2.30. The number of aromatic amines is 1. The van der Waals surface area contributed by atoms with Crippen molar-refractivity contribution in [2.24, 2.45) is 0 Å². The number of nitrogens with one attached hydrogen (secondary N) is 1. The number of H-pyrrole nitrogens is 1. The molecule has 4 nitrogen and oxygen atoms in total. The topological polar surface area (TPSA) is 56.3 Å². The molecule has 0 aliphatic carbocycles. The number of hydrogen-bond acceptors (Lipinski definition) is 3. The van der Waals surface area contributed by atoms with Crippen LogP contribution in [0.15, 0.2) is 54.7 Å². The van der Waals surface area contributed by atoms with Crippen molar-refractivity contribution in [3.05, 3.63) is 76.5 Å². The van der Waals surface area contributed by atoms with Gasteiger partial charge >= 0.3 is 5.97 Å². The summed E-state index contributed by atoms with van der Waals surface area (Å²) in [5.41, 5.74) is 4.77. The zero-order chi connectivity index (χ0) is 20.2. The van der Waals surface area contributed by atoms with E-state index < -0.39 is 5.97 Å². The molecule has 0 atom stereocenters. The number of carbonyl (C=O) groups is 1. The van der Waals surface area contributed by atoms with Gasteiger partial charge in [-0.2, -0.15) is 11.8 Å². The molecule has 1 aliphatic rings. The molecule has 29 heavy (non-hydrogen) atoms. The number of aromatic nitrogens is 1. The SMILES string of the molecule is O=C(O)c1ccc(Cl)c2[nH]cc(CSCCN3CC=C(c4ccccc4)CC3)c12. The van der Waals surface area contributed by atoms with Gasteiger partial charge in [-0.1, -0.05) is 48.0 Å². The third kappa shape index (κ3) is 4.53. The molecule has 0 bridgehead atoms. The van der Waals surface area contributed by atoms with Crippen molar-refractivity contribution in [1.29, 1.82) is 0 Å². The van der Waals surface area contributed by atoms with Gasteiger partial charge in [0.1, 0.15) is 0 Å². The summed E-state index contributed by atoms with van der Waals surface area (Å²) in [6, 6.07) is 13.8. The Morgan fingerprint density at radius 1 is 1.21 bits per heavy atom. The lowest BCUT2D eigenvalue weighted by molar-refractivity contribution is 0.0699. The highest BCUT2D eigenvalue weighted by Crippen LogP contribution is 2.31. The zero-order valence-corrected chi connectivity index (χ0v) is 17.6. The minimum Gasteiger partial charge on any atom is -0.478 e. The number of rotatable bonds is 7. The van der Waals surface area contributed by atoms with Crippen molar-refractivity contribution >= 4 is 45.8 Å². The number of carboxylic acids is 1. The number of nitrogens with zero attached hydrogens (tertiary/aromatic N) is 1. The van der Waals surface area contributed by atoms with E-state index in [1.807, 2.05) is 18.0 Å². The fourth-order valence-electron chi connectivity index (χ4n) is 3.78. The minimum atomic E-state index is -0.924. The van der Waals surface area contributed by atoms with Gasteiger partial charge in [-0.25, -0.2) is 4.79 Å². The molecular formula is C23H23ClN2O2S. The molecule has 0 fully saturated rings. The van der Waals surface area contributed by atoms with Gasteiger partial charge < -0.3 is 10.1 Å². The molecule has 0 radical (unpaired) electrons. The molecular weight excluding hydrogens is 404 g/mol. The number of benzene rings is 2. The van der Waals surface area contributed by atoms with Crippen molar-refractivity contribution in [1.82, 2.24) is 9.88 Å². The summed E-state index contributed by atoms with van der Waals surface area (Å²) in [5.74, 6) is 0.843. The van der Waals surface area contributed by atoms with Crippen molar-refractivity contribution in [2.45, 2.75) is 12.2 Å². The van der Waals surface area contributed by atoms with E-state index in [0.29, 0.717) is 16.1 Å². The summed E-state index contributed by atoms with van der Waals surface area (Å²) >= 11 is 8.05. The molecule has 1 aromatic heterocycles. The second-order valence-corrected chi connectivity index (χ2v) is 8.67. The Morgan fingerprint density at radius 3 is 2.76 bits per heavy atom. The first-order valence-corrected chi connectivity index (χ1v) is 11.2. The van der Waals surface area contributed by atoms with Crippen LogP contribution in [-0.4, -0.2) is 46.3 Å². The predicted molar refractivity (Wildman–Crippen MR) is 122 cm³/mol. The van der Waals surface area contributed by atoms with Gasteiger partial charge in [0, 0.05) is 42.7 Å². The van der Waals surface area contributed by atoms with Crippen molar-refractivity contribution in [3.8, 4) is 0 Å². The molecule has 0 spiro atoms. The Hall–Kier alpha value is -2.21. The molecule has 2 N–H and O–H groups in total. The Morgan fingerprint density at radius 2 is 2.03 bits per heavy atom. The molecule has 2 aromatic carbocycles. The number of fused-ring (bicyclic) bond motifs is 1. The highest BCUT2D eigenvalue weighted by molar-refractivity contribution is 7.98. The first-order chi connectivity index (χ1) is 14.1. The summed E-state index contributed by atoms with van der Waals surface area (Å²) < 4.78 is 0. The number of carboxylic acid groups (broad SMARTS) is 1. The van der Waals surface area contributed by atoms with Gasteiger partial charge in [0.15, 0.2) is 0 Å². The quantitative estimate of drug-likeness (QED) is 0.487. The van der Waals surface area contributed by atoms with Gasteiger partial charge in [0.05, 0.1) is 16.1 Å². The molecule has 0 saturated heterocycles. The zero-order valence-electron chi connectivity index (χ0n) is 16.0. The van der Waals surface area contributed by atoms with E-state index in [2.05, 4.69) is 46.3 Å². The summed E-state index contributed by atoms with van der Waals surface area (Å²) in [7, 11) is 0. The van der Waals surface area contributed by atoms with Gasteiger partial charge in [-0.3, -0.25) is 4.90 Å². The summed E-state index contributed by atoms with van der Waals surface area (Å²) in [6.45, 7) is 3.09. The molecule has 3 aromatic rings. The lowest BCUT2D eigenvalue weighted by Gasteiger charge is -2.26. The number of aromatic carboxylic acids is 1. The summed E-state index contributed by atoms with van der Waals surface area (Å²) in [6.07, 6.45) is 5.30. The van der Waals surface area contributed by atoms with Crippen LogP contribution < -0.4 is 0 Å². The second-order valence-electron chi connectivity index (χ2n) is 7.16. The van der Waals surface area contributed by atoms with Crippen molar-refractivity contribution < 1.29 is 9.90 Å². The third-order valence-corrected chi connectivity index (χ3v) is 6.65. The highest BCUT2D eigenvalue weighted by Gasteiger charge is 2.16. The molecule has 0 saturated carbocycles. The predicted octanol–water partition coefficient (Wildman–Crippen LogP) is 5.54. The van der Waals surface area contributed by atoms with Crippen LogP contribution in [0.4, 0.5) is 0 Å². The van der Waals surface area contributed by atoms with Crippen LogP contribution in [0, 0.1) is 0 Å². The van der Waals surface area contributed by atoms with E-state index in [1.54, 1.807) is 12.1 Å². The van der Waals surface area contributed by atoms with E-state index in [1.165, 1.54) is 11.1 Å². The second kappa shape index (κ2) is 9.08. The van der Waals surface area contributed by atoms with E-state index in [-0.39, 0.29) is 0 Å². The number of hydrogen-bond donors (Lipinski definition) is 2. The van der Waals surface area contributed by atoms with Crippen LogP contribution in [0.1, 0.15) is 27.9 Å². The van der Waals surface area contributed by atoms with Crippen LogP contribution in [-0.2, 0) is 5.75 Å². The van der Waals surface area contributed by atoms with E-state index in [9.17, 15) is 9.90 Å². The average Bonchev–Trinajstić information content (AvgIpc) is 3.17. The van der Waals surface area contributed by atoms with Crippen LogP contribution in [0.3, 0.4) is 0 Å². The van der Waals surface area contributed by atoms with Crippen molar-refractivity contribution in [2.75, 3.05) is 25.4 Å². The molecule has 1 aliphatic heterocycles. The highest BCUT2D eigenvalue weighted by atomic mass is 35.5. The maximum atomic E-state index is 11.6. The average molecular weight is 427 g/mol. The standard InChI is InChI=1S/C23H23ClN2O2S/c24-20-7-6-19(23(27)28)21-18(14-25-22(20)21)15-29-13-12-26-10-8-17(9-11-26)16-4-2-1-3-5-16/h1-8,14,25H,9-13,15H2,(H,27,28). The van der Waals surface area contributed by atoms with Gasteiger partial charge in [0.2, 0.25) is 0 Å². The summed E-state index contributed by atoms with van der Waals surface area (Å²) in [5, 5.41) is 10.8. The van der Waals surface area contributed by atoms with Crippen LogP contribution >= 0.6 is 23.4 Å². The number of halogens is 1. The number of thioether (sulfide) groups is 1. The van der Waals surface area contributed by atoms with Crippen LogP contribution in [0.25, 0.3) is 16.5 Å². The molecule has 6 heteroatoms. The Balaban J connectivity index is 1.32. The fraction of sp³-hybridized carbons (Fsp3) is 0.261. The Labute approximate surface area is 179 Å². The third-order valence-electron chi connectivity index (χ3n) is 5.34. The maximum absolute atomic E-state index is 11.6. The smallest absolute Gasteiger partial charge is 0.336 e. The molecule has 0 amide bonds. The maximum Gasteiger partial charge on any atom is 0.336 e. The van der Waals surface area contributed by atoms with Crippen molar-refractivity contribution in [3.63, 3.8) is 0 Å². The van der Waals surface area contributed by atoms with Gasteiger partial charge in [-0.05, 0) is 35.3 Å². The van der Waals surface area contributed by atoms with Gasteiger partial charge in [0.25, 0.3) is 0 Å². The van der Waals surface area contributed by atoms with Crippen LogP contribution in [0.5, 0.6) is 0 Å². The van der Waals surface area contributed by atoms with Crippen LogP contribution in [0.2, 0.25) is 5.02 Å². The minimum absolute atomic E-state index is 0.302. The van der Waals surface area contributed by atoms with Gasteiger partial charge in [-0.15, -0.1) is 0 Å². The molecule has 2 heterocycles. The normalized spacial score (nSPS) is 14.9. The Bertz CT molecular complexity index is 1050. The molecule has 0 unspecified atom stereocenters. The largest absolute Gasteiger partial charge is 0.478 e. The Kier molecular flexibility index (Phi) is 6.28. The molecule has 150 valence electrons. The fourth-order valence-corrected chi connectivity index (χ4v) is 4.97. The molecule has 4 rings (SSSR count). The van der Waals surface area contributed by atoms with E-state index in [0.717, 1.165) is 48.5 Å².